The average Bonchev–Trinajstić information content (AvgIpc) is 2.69. The third kappa shape index (κ3) is 4.80. The van der Waals surface area contributed by atoms with Crippen molar-refractivity contribution in [3.8, 4) is 5.75 Å². The molecular weight excluding hydrogens is 364 g/mol. The van der Waals surface area contributed by atoms with Gasteiger partial charge in [0.2, 0.25) is 0 Å². The molecule has 3 aromatic rings. The molecule has 3 aromatic carbocycles. The van der Waals surface area contributed by atoms with E-state index in [4.69, 9.17) is 4.18 Å². The molecule has 0 bridgehead atoms. The zero-order valence-electron chi connectivity index (χ0n) is 14.1. The Morgan fingerprint density at radius 1 is 0.852 bits per heavy atom. The van der Waals surface area contributed by atoms with Gasteiger partial charge in [-0.3, -0.25) is 4.79 Å². The van der Waals surface area contributed by atoms with E-state index in [0.29, 0.717) is 0 Å². The number of hydrogen-bond acceptors (Lipinski definition) is 5. The quantitative estimate of drug-likeness (QED) is 0.404. The van der Waals surface area contributed by atoms with Crippen molar-refractivity contribution >= 4 is 22.2 Å². The molecule has 1 amide bonds. The summed E-state index contributed by atoms with van der Waals surface area (Å²) in [5.41, 5.74) is 3.24. The van der Waals surface area contributed by atoms with Crippen LogP contribution in [0.15, 0.2) is 94.9 Å². The van der Waals surface area contributed by atoms with Crippen molar-refractivity contribution in [2.24, 2.45) is 5.10 Å². The highest BCUT2D eigenvalue weighted by Gasteiger charge is 2.20. The second kappa shape index (κ2) is 8.29. The fourth-order valence-electron chi connectivity index (χ4n) is 2.25. The zero-order chi connectivity index (χ0) is 19.1. The minimum Gasteiger partial charge on any atom is -0.378 e. The van der Waals surface area contributed by atoms with E-state index in [1.54, 1.807) is 30.3 Å². The first-order chi connectivity index (χ1) is 13.1. The van der Waals surface area contributed by atoms with Gasteiger partial charge in [-0.15, -0.1) is 0 Å². The smallest absolute Gasteiger partial charge is 0.339 e. The fourth-order valence-corrected chi connectivity index (χ4v) is 3.21. The van der Waals surface area contributed by atoms with Crippen molar-refractivity contribution in [2.45, 2.75) is 4.90 Å². The molecular formula is C20H16N2O4S. The maximum atomic E-state index is 12.4. The van der Waals surface area contributed by atoms with Crippen LogP contribution in [-0.4, -0.2) is 20.5 Å². The van der Waals surface area contributed by atoms with Crippen LogP contribution in [0.3, 0.4) is 0 Å². The van der Waals surface area contributed by atoms with E-state index >= 15 is 0 Å². The van der Waals surface area contributed by atoms with E-state index in [9.17, 15) is 13.2 Å². The lowest BCUT2D eigenvalue weighted by molar-refractivity contribution is 0.0953. The molecule has 0 radical (unpaired) electrons. The van der Waals surface area contributed by atoms with E-state index in [2.05, 4.69) is 10.5 Å². The average molecular weight is 380 g/mol. The number of nitrogens with one attached hydrogen (secondary N) is 1. The standard InChI is InChI=1S/C20H16N2O4S/c23-20(22-21-15-16-9-3-1-4-10-16)18-13-7-8-14-19(18)26-27(24,25)17-11-5-2-6-12-17/h1-15H,(H,22,23). The monoisotopic (exact) mass is 380 g/mol. The first-order valence-corrected chi connectivity index (χ1v) is 9.44. The topological polar surface area (TPSA) is 84.8 Å². The molecule has 136 valence electrons. The van der Waals surface area contributed by atoms with Crippen molar-refractivity contribution < 1.29 is 17.4 Å². The molecule has 0 saturated heterocycles. The van der Waals surface area contributed by atoms with Gasteiger partial charge in [-0.05, 0) is 29.8 Å². The van der Waals surface area contributed by atoms with Crippen LogP contribution in [0.4, 0.5) is 0 Å². The molecule has 27 heavy (non-hydrogen) atoms. The van der Waals surface area contributed by atoms with E-state index in [1.165, 1.54) is 30.5 Å². The van der Waals surface area contributed by atoms with Crippen LogP contribution in [0, 0.1) is 0 Å². The Morgan fingerprint density at radius 3 is 2.15 bits per heavy atom. The molecule has 0 unspecified atom stereocenters. The van der Waals surface area contributed by atoms with Gasteiger partial charge in [0.15, 0.2) is 5.75 Å². The summed E-state index contributed by atoms with van der Waals surface area (Å²) in [5, 5.41) is 3.88. The molecule has 7 heteroatoms. The van der Waals surface area contributed by atoms with Crippen molar-refractivity contribution in [1.82, 2.24) is 5.43 Å². The van der Waals surface area contributed by atoms with Gasteiger partial charge in [-0.1, -0.05) is 60.7 Å². The number of carbonyl (C=O) groups is 1. The van der Waals surface area contributed by atoms with Crippen molar-refractivity contribution in [3.05, 3.63) is 96.1 Å². The molecule has 0 heterocycles. The van der Waals surface area contributed by atoms with Gasteiger partial charge >= 0.3 is 10.1 Å². The molecule has 0 saturated carbocycles. The summed E-state index contributed by atoms with van der Waals surface area (Å²) in [4.78, 5) is 12.4. The lowest BCUT2D eigenvalue weighted by Gasteiger charge is -2.10. The minimum absolute atomic E-state index is 0.00214. The number of carbonyl (C=O) groups excluding carboxylic acids is 1. The molecule has 0 aliphatic rings. The summed E-state index contributed by atoms with van der Waals surface area (Å²) in [6.07, 6.45) is 1.49. The molecule has 0 atom stereocenters. The van der Waals surface area contributed by atoms with Gasteiger partial charge in [0.05, 0.1) is 11.8 Å². The fraction of sp³-hybridized carbons (Fsp3) is 0. The highest BCUT2D eigenvalue weighted by atomic mass is 32.2. The van der Waals surface area contributed by atoms with Crippen molar-refractivity contribution in [2.75, 3.05) is 0 Å². The van der Waals surface area contributed by atoms with Crippen molar-refractivity contribution in [3.63, 3.8) is 0 Å². The first-order valence-electron chi connectivity index (χ1n) is 8.03. The number of para-hydroxylation sites is 1. The Bertz CT molecular complexity index is 1050. The van der Waals surface area contributed by atoms with Crippen LogP contribution >= 0.6 is 0 Å². The summed E-state index contributed by atoms with van der Waals surface area (Å²) >= 11 is 0. The summed E-state index contributed by atoms with van der Waals surface area (Å²) < 4.78 is 29.9. The molecule has 6 nitrogen and oxygen atoms in total. The summed E-state index contributed by atoms with van der Waals surface area (Å²) in [6.45, 7) is 0. The molecule has 0 aliphatic carbocycles. The van der Waals surface area contributed by atoms with E-state index in [1.807, 2.05) is 30.3 Å². The SMILES string of the molecule is O=C(NN=Cc1ccccc1)c1ccccc1OS(=O)(=O)c1ccccc1. The Hall–Kier alpha value is -3.45. The van der Waals surface area contributed by atoms with Crippen LogP contribution in [0.1, 0.15) is 15.9 Å². The highest BCUT2D eigenvalue weighted by Crippen LogP contribution is 2.23. The number of hydrazone groups is 1. The summed E-state index contributed by atoms with van der Waals surface area (Å²) in [6, 6.07) is 23.0. The normalized spacial score (nSPS) is 11.3. The number of hydrogen-bond donors (Lipinski definition) is 1. The molecule has 0 fully saturated rings. The number of amides is 1. The van der Waals surface area contributed by atoms with Gasteiger partial charge in [0, 0.05) is 0 Å². The predicted molar refractivity (Wildman–Crippen MR) is 102 cm³/mol. The minimum atomic E-state index is -4.05. The maximum absolute atomic E-state index is 12.4. The number of benzene rings is 3. The van der Waals surface area contributed by atoms with Crippen LogP contribution in [-0.2, 0) is 10.1 Å². The van der Waals surface area contributed by atoms with Gasteiger partial charge in [-0.25, -0.2) is 5.43 Å². The molecule has 0 aliphatic heterocycles. The second-order valence-corrected chi connectivity index (χ2v) is 7.00. The van der Waals surface area contributed by atoms with Crippen LogP contribution in [0.2, 0.25) is 0 Å². The van der Waals surface area contributed by atoms with E-state index in [0.717, 1.165) is 5.56 Å². The number of nitrogens with zero attached hydrogens (tertiary/aromatic N) is 1. The molecule has 0 spiro atoms. The third-order valence-corrected chi connectivity index (χ3v) is 4.79. The van der Waals surface area contributed by atoms with Gasteiger partial charge in [0.25, 0.3) is 5.91 Å². The predicted octanol–water partition coefficient (Wildman–Crippen LogP) is 3.22. The number of rotatable bonds is 6. The van der Waals surface area contributed by atoms with Crippen LogP contribution < -0.4 is 9.61 Å². The first kappa shape index (κ1) is 18.3. The molecule has 0 aromatic heterocycles. The zero-order valence-corrected chi connectivity index (χ0v) is 15.0. The summed E-state index contributed by atoms with van der Waals surface area (Å²) in [5.74, 6) is -0.658. The Balaban J connectivity index is 1.77. The molecule has 3 rings (SSSR count). The van der Waals surface area contributed by atoms with Gasteiger partial charge < -0.3 is 4.18 Å². The summed E-state index contributed by atoms with van der Waals surface area (Å²) in [7, 11) is -4.05. The van der Waals surface area contributed by atoms with Gasteiger partial charge in [-0.2, -0.15) is 13.5 Å². The maximum Gasteiger partial charge on any atom is 0.339 e. The van der Waals surface area contributed by atoms with Crippen LogP contribution in [0.25, 0.3) is 0 Å². The second-order valence-electron chi connectivity index (χ2n) is 5.46. The Labute approximate surface area is 157 Å². The lowest BCUT2D eigenvalue weighted by atomic mass is 10.2. The van der Waals surface area contributed by atoms with Gasteiger partial charge in [0.1, 0.15) is 4.90 Å². The van der Waals surface area contributed by atoms with Crippen LogP contribution in [0.5, 0.6) is 5.75 Å². The van der Waals surface area contributed by atoms with E-state index in [-0.39, 0.29) is 16.2 Å². The highest BCUT2D eigenvalue weighted by molar-refractivity contribution is 7.87. The lowest BCUT2D eigenvalue weighted by Crippen LogP contribution is -2.20. The van der Waals surface area contributed by atoms with E-state index < -0.39 is 16.0 Å². The Kier molecular flexibility index (Phi) is 5.63. The Morgan fingerprint density at radius 2 is 1.44 bits per heavy atom. The third-order valence-electron chi connectivity index (χ3n) is 3.54. The largest absolute Gasteiger partial charge is 0.378 e. The van der Waals surface area contributed by atoms with Crippen molar-refractivity contribution in [1.29, 1.82) is 0 Å². The molecule has 1 N–H and O–H groups in total.